The molecule has 1 aromatic heterocycles. The number of carbonyl (C=O) groups is 1. The molecule has 21 heavy (non-hydrogen) atoms. The van der Waals surface area contributed by atoms with Crippen LogP contribution in [-0.2, 0) is 21.8 Å². The number of aromatic nitrogens is 1. The van der Waals surface area contributed by atoms with Crippen molar-refractivity contribution in [1.29, 1.82) is 0 Å². The maximum atomic E-state index is 12.5. The van der Waals surface area contributed by atoms with Gasteiger partial charge in [-0.15, -0.1) is 0 Å². The highest BCUT2D eigenvalue weighted by atomic mass is 32.2. The van der Waals surface area contributed by atoms with Crippen LogP contribution in [0.25, 0.3) is 0 Å². The van der Waals surface area contributed by atoms with Crippen LogP contribution in [0.1, 0.15) is 29.8 Å². The smallest absolute Gasteiger partial charge is 0.352 e. The minimum absolute atomic E-state index is 0.0132. The summed E-state index contributed by atoms with van der Waals surface area (Å²) in [6.07, 6.45) is 4.10. The molecule has 1 unspecified atom stereocenters. The molecule has 0 bridgehead atoms. The molecule has 7 nitrogen and oxygen atoms in total. The second-order valence-corrected chi connectivity index (χ2v) is 7.30. The van der Waals surface area contributed by atoms with Crippen LogP contribution in [0, 0.1) is 0 Å². The Bertz CT molecular complexity index is 617. The zero-order valence-corrected chi connectivity index (χ0v) is 13.0. The van der Waals surface area contributed by atoms with E-state index in [1.54, 1.807) is 0 Å². The number of hydrogen-bond donors (Lipinski definition) is 1. The summed E-state index contributed by atoms with van der Waals surface area (Å²) in [5.74, 6) is -1.16. The first-order valence-corrected chi connectivity index (χ1v) is 8.24. The molecule has 1 fully saturated rings. The number of likely N-dealkylation sites (N-methyl/N-ethyl adjacent to an activating group) is 1. The van der Waals surface area contributed by atoms with Gasteiger partial charge in [-0.2, -0.15) is 4.31 Å². The predicted molar refractivity (Wildman–Crippen MR) is 75.8 cm³/mol. The number of aromatic carboxylic acids is 1. The second kappa shape index (κ2) is 6.17. The fourth-order valence-electron chi connectivity index (χ4n) is 2.40. The SMILES string of the molecule is CN(CC1CCCCO1)S(=O)(=O)c1cc(C(=O)O)n(C)c1. The van der Waals surface area contributed by atoms with Crippen LogP contribution in [0.3, 0.4) is 0 Å². The van der Waals surface area contributed by atoms with E-state index in [1.807, 2.05) is 0 Å². The minimum Gasteiger partial charge on any atom is -0.477 e. The summed E-state index contributed by atoms with van der Waals surface area (Å²) in [6.45, 7) is 0.937. The zero-order valence-electron chi connectivity index (χ0n) is 12.2. The van der Waals surface area contributed by atoms with Crippen molar-refractivity contribution in [3.05, 3.63) is 18.0 Å². The molecule has 2 heterocycles. The lowest BCUT2D eigenvalue weighted by atomic mass is 10.1. The second-order valence-electron chi connectivity index (χ2n) is 5.25. The lowest BCUT2D eigenvalue weighted by Crippen LogP contribution is -2.37. The molecule has 1 atom stereocenters. The third-order valence-electron chi connectivity index (χ3n) is 3.64. The number of rotatable bonds is 5. The number of aryl methyl sites for hydroxylation is 1. The number of hydrogen-bond acceptors (Lipinski definition) is 4. The molecule has 0 aliphatic carbocycles. The van der Waals surface area contributed by atoms with Crippen molar-refractivity contribution in [3.63, 3.8) is 0 Å². The molecule has 1 aliphatic rings. The Labute approximate surface area is 124 Å². The molecule has 0 saturated carbocycles. The molecule has 0 amide bonds. The van der Waals surface area contributed by atoms with E-state index in [0.717, 1.165) is 19.3 Å². The minimum atomic E-state index is -3.70. The first-order valence-electron chi connectivity index (χ1n) is 6.80. The molecule has 0 aromatic carbocycles. The summed E-state index contributed by atoms with van der Waals surface area (Å²) < 4.78 is 33.0. The molecule has 1 aliphatic heterocycles. The van der Waals surface area contributed by atoms with Gasteiger partial charge in [0.05, 0.1) is 6.10 Å². The third-order valence-corrected chi connectivity index (χ3v) is 5.43. The Morgan fingerprint density at radius 1 is 1.52 bits per heavy atom. The monoisotopic (exact) mass is 316 g/mol. The molecular formula is C13H20N2O5S. The average molecular weight is 316 g/mol. The summed E-state index contributed by atoms with van der Waals surface area (Å²) in [4.78, 5) is 11.0. The maximum Gasteiger partial charge on any atom is 0.352 e. The van der Waals surface area contributed by atoms with Crippen molar-refractivity contribution in [2.75, 3.05) is 20.2 Å². The van der Waals surface area contributed by atoms with Crippen molar-refractivity contribution in [2.45, 2.75) is 30.3 Å². The molecule has 1 aromatic rings. The molecule has 118 valence electrons. The van der Waals surface area contributed by atoms with Gasteiger partial charge >= 0.3 is 5.97 Å². The topological polar surface area (TPSA) is 88.8 Å². The molecule has 1 N–H and O–H groups in total. The van der Waals surface area contributed by atoms with Gasteiger partial charge in [0.1, 0.15) is 10.6 Å². The van der Waals surface area contributed by atoms with Crippen LogP contribution in [0.15, 0.2) is 17.2 Å². The van der Waals surface area contributed by atoms with Crippen molar-refractivity contribution >= 4 is 16.0 Å². The first kappa shape index (κ1) is 16.0. The largest absolute Gasteiger partial charge is 0.477 e. The number of sulfonamides is 1. The zero-order chi connectivity index (χ0) is 15.6. The van der Waals surface area contributed by atoms with E-state index in [9.17, 15) is 13.2 Å². The maximum absolute atomic E-state index is 12.5. The first-order chi connectivity index (χ1) is 9.82. The van der Waals surface area contributed by atoms with Crippen LogP contribution in [0.5, 0.6) is 0 Å². The van der Waals surface area contributed by atoms with E-state index < -0.39 is 16.0 Å². The van der Waals surface area contributed by atoms with Gasteiger partial charge in [-0.1, -0.05) is 0 Å². The third kappa shape index (κ3) is 3.45. The average Bonchev–Trinajstić information content (AvgIpc) is 2.82. The summed E-state index contributed by atoms with van der Waals surface area (Å²) in [7, 11) is -0.711. The van der Waals surface area contributed by atoms with Crippen LogP contribution < -0.4 is 0 Å². The number of carboxylic acids is 1. The van der Waals surface area contributed by atoms with E-state index in [1.165, 1.54) is 35.2 Å². The standard InChI is InChI=1S/C13H20N2O5S/c1-14-9-11(7-12(14)13(16)17)21(18,19)15(2)8-10-5-3-4-6-20-10/h7,9-10H,3-6,8H2,1-2H3,(H,16,17). The predicted octanol–water partition coefficient (Wildman–Crippen LogP) is 0.913. The van der Waals surface area contributed by atoms with Crippen molar-refractivity contribution in [2.24, 2.45) is 7.05 Å². The molecule has 2 rings (SSSR count). The molecule has 0 radical (unpaired) electrons. The van der Waals surface area contributed by atoms with Crippen LogP contribution in [-0.4, -0.2) is 54.7 Å². The summed E-state index contributed by atoms with van der Waals surface area (Å²) in [6, 6.07) is 1.18. The van der Waals surface area contributed by atoms with E-state index in [0.29, 0.717) is 6.61 Å². The fourth-order valence-corrected chi connectivity index (χ4v) is 3.68. The van der Waals surface area contributed by atoms with E-state index >= 15 is 0 Å². The summed E-state index contributed by atoms with van der Waals surface area (Å²) in [5.41, 5.74) is -0.0594. The van der Waals surface area contributed by atoms with Gasteiger partial charge in [-0.05, 0) is 25.3 Å². The number of carboxylic acid groups (broad SMARTS) is 1. The molecular weight excluding hydrogens is 296 g/mol. The van der Waals surface area contributed by atoms with Gasteiger partial charge in [0, 0.05) is 33.4 Å². The highest BCUT2D eigenvalue weighted by Gasteiger charge is 2.27. The number of nitrogens with zero attached hydrogens (tertiary/aromatic N) is 2. The fraction of sp³-hybridized carbons (Fsp3) is 0.615. The quantitative estimate of drug-likeness (QED) is 0.872. The Kier molecular flexibility index (Phi) is 4.70. The van der Waals surface area contributed by atoms with Crippen molar-refractivity contribution in [3.8, 4) is 0 Å². The van der Waals surface area contributed by atoms with Gasteiger partial charge in [-0.3, -0.25) is 0 Å². The highest BCUT2D eigenvalue weighted by molar-refractivity contribution is 7.89. The van der Waals surface area contributed by atoms with E-state index in [-0.39, 0.29) is 23.2 Å². The number of ether oxygens (including phenoxy) is 1. The Morgan fingerprint density at radius 3 is 2.76 bits per heavy atom. The Hall–Kier alpha value is -1.38. The van der Waals surface area contributed by atoms with Crippen LogP contribution in [0.4, 0.5) is 0 Å². The van der Waals surface area contributed by atoms with Crippen molar-refractivity contribution < 1.29 is 23.1 Å². The van der Waals surface area contributed by atoms with Gasteiger partial charge in [0.2, 0.25) is 10.0 Å². The van der Waals surface area contributed by atoms with E-state index in [2.05, 4.69) is 0 Å². The van der Waals surface area contributed by atoms with E-state index in [4.69, 9.17) is 9.84 Å². The normalized spacial score (nSPS) is 19.9. The Morgan fingerprint density at radius 2 is 2.24 bits per heavy atom. The van der Waals surface area contributed by atoms with Gasteiger partial charge < -0.3 is 14.4 Å². The van der Waals surface area contributed by atoms with Gasteiger partial charge in [-0.25, -0.2) is 13.2 Å². The van der Waals surface area contributed by atoms with Gasteiger partial charge in [0.15, 0.2) is 0 Å². The molecule has 1 saturated heterocycles. The summed E-state index contributed by atoms with van der Waals surface area (Å²) >= 11 is 0. The van der Waals surface area contributed by atoms with Crippen LogP contribution in [0.2, 0.25) is 0 Å². The van der Waals surface area contributed by atoms with Gasteiger partial charge in [0.25, 0.3) is 0 Å². The Balaban J connectivity index is 2.16. The highest BCUT2D eigenvalue weighted by Crippen LogP contribution is 2.20. The lowest BCUT2D eigenvalue weighted by Gasteiger charge is -2.26. The lowest BCUT2D eigenvalue weighted by molar-refractivity contribution is 0.00858. The van der Waals surface area contributed by atoms with Crippen molar-refractivity contribution in [1.82, 2.24) is 8.87 Å². The molecule has 0 spiro atoms. The van der Waals surface area contributed by atoms with Crippen LogP contribution >= 0.6 is 0 Å². The molecule has 8 heteroatoms. The summed E-state index contributed by atoms with van der Waals surface area (Å²) in [5, 5.41) is 9.00.